The first-order chi connectivity index (χ1) is 15.9. The highest BCUT2D eigenvalue weighted by Gasteiger charge is 2.45. The van der Waals surface area contributed by atoms with Crippen LogP contribution >= 0.6 is 11.6 Å². The molecule has 0 saturated heterocycles. The van der Waals surface area contributed by atoms with Crippen molar-refractivity contribution in [1.82, 2.24) is 0 Å². The third kappa shape index (κ3) is 5.67. The first kappa shape index (κ1) is 23.6. The minimum absolute atomic E-state index is 0.244. The van der Waals surface area contributed by atoms with Crippen molar-refractivity contribution in [2.24, 2.45) is 0 Å². The van der Waals surface area contributed by atoms with Gasteiger partial charge in [-0.25, -0.2) is 4.39 Å². The monoisotopic (exact) mass is 469 g/mol. The molecule has 0 spiro atoms. The molecule has 1 aliphatic rings. The van der Waals surface area contributed by atoms with Crippen LogP contribution in [0, 0.1) is 5.82 Å². The van der Waals surface area contributed by atoms with Crippen molar-refractivity contribution in [1.29, 1.82) is 0 Å². The Labute approximate surface area is 199 Å². The molecule has 4 nitrogen and oxygen atoms in total. The SMILES string of the molecule is CCOC1c2cc(NCc3cccc(F)c3)ccc2OC(C)(C)C1OCc1cccc(Cl)c1. The number of halogens is 2. The van der Waals surface area contributed by atoms with Crippen LogP contribution < -0.4 is 10.1 Å². The van der Waals surface area contributed by atoms with Crippen molar-refractivity contribution in [2.75, 3.05) is 11.9 Å². The van der Waals surface area contributed by atoms with Gasteiger partial charge < -0.3 is 19.5 Å². The standard InChI is InChI=1S/C27H29ClFNO3/c1-4-31-25-23-15-22(30-16-18-7-6-10-21(29)14-18)11-12-24(23)33-27(2,3)26(25)32-17-19-8-5-9-20(28)13-19/h5-15,25-26,30H,4,16-17H2,1-3H3. The molecular formula is C27H29ClFNO3. The number of nitrogens with one attached hydrogen (secondary N) is 1. The lowest BCUT2D eigenvalue weighted by Gasteiger charge is -2.44. The summed E-state index contributed by atoms with van der Waals surface area (Å²) in [6.07, 6.45) is -0.633. The smallest absolute Gasteiger partial charge is 0.132 e. The fraction of sp³-hybridized carbons (Fsp3) is 0.333. The van der Waals surface area contributed by atoms with E-state index >= 15 is 0 Å². The lowest BCUT2D eigenvalue weighted by atomic mass is 9.87. The van der Waals surface area contributed by atoms with Crippen LogP contribution in [0.2, 0.25) is 5.02 Å². The molecule has 2 atom stereocenters. The Morgan fingerprint density at radius 1 is 1.00 bits per heavy atom. The Bertz CT molecular complexity index is 1100. The summed E-state index contributed by atoms with van der Waals surface area (Å²) in [5, 5.41) is 4.04. The lowest BCUT2D eigenvalue weighted by Crippen LogP contribution is -2.51. The Balaban J connectivity index is 1.56. The van der Waals surface area contributed by atoms with Crippen LogP contribution in [0.3, 0.4) is 0 Å². The first-order valence-corrected chi connectivity index (χ1v) is 11.5. The van der Waals surface area contributed by atoms with Gasteiger partial charge >= 0.3 is 0 Å². The van der Waals surface area contributed by atoms with Gasteiger partial charge in [-0.2, -0.15) is 0 Å². The predicted molar refractivity (Wildman–Crippen MR) is 129 cm³/mol. The molecule has 0 fully saturated rings. The van der Waals surface area contributed by atoms with Crippen molar-refractivity contribution in [3.05, 3.63) is 94.3 Å². The summed E-state index contributed by atoms with van der Waals surface area (Å²) in [5.41, 5.74) is 3.09. The van der Waals surface area contributed by atoms with Crippen molar-refractivity contribution in [3.63, 3.8) is 0 Å². The number of fused-ring (bicyclic) bond motifs is 1. The summed E-state index contributed by atoms with van der Waals surface area (Å²) in [4.78, 5) is 0. The zero-order chi connectivity index (χ0) is 23.4. The van der Waals surface area contributed by atoms with Crippen molar-refractivity contribution in [3.8, 4) is 5.75 Å². The summed E-state index contributed by atoms with van der Waals surface area (Å²) in [7, 11) is 0. The number of ether oxygens (including phenoxy) is 3. The maximum absolute atomic E-state index is 13.5. The molecule has 1 aliphatic heterocycles. The summed E-state index contributed by atoms with van der Waals surface area (Å²) >= 11 is 6.14. The van der Waals surface area contributed by atoms with Crippen LogP contribution in [-0.4, -0.2) is 18.3 Å². The van der Waals surface area contributed by atoms with Crippen LogP contribution in [-0.2, 0) is 22.6 Å². The molecule has 4 rings (SSSR count). The molecule has 0 saturated carbocycles. The van der Waals surface area contributed by atoms with E-state index in [0.717, 1.165) is 28.1 Å². The zero-order valence-corrected chi connectivity index (χ0v) is 19.9. The highest BCUT2D eigenvalue weighted by atomic mass is 35.5. The van der Waals surface area contributed by atoms with Gasteiger partial charge in [-0.3, -0.25) is 0 Å². The van der Waals surface area contributed by atoms with Crippen LogP contribution in [0.25, 0.3) is 0 Å². The van der Waals surface area contributed by atoms with Gasteiger partial charge in [0.05, 0.1) is 6.61 Å². The minimum atomic E-state index is -0.595. The van der Waals surface area contributed by atoms with Crippen molar-refractivity contribution >= 4 is 17.3 Å². The van der Waals surface area contributed by atoms with Gasteiger partial charge in [0.25, 0.3) is 0 Å². The van der Waals surface area contributed by atoms with Gasteiger partial charge in [-0.15, -0.1) is 0 Å². The zero-order valence-electron chi connectivity index (χ0n) is 19.1. The molecule has 2 unspecified atom stereocenters. The normalized spacial score (nSPS) is 18.9. The predicted octanol–water partition coefficient (Wildman–Crippen LogP) is 6.93. The van der Waals surface area contributed by atoms with E-state index in [2.05, 4.69) is 5.32 Å². The van der Waals surface area contributed by atoms with E-state index in [1.165, 1.54) is 12.1 Å². The van der Waals surface area contributed by atoms with E-state index in [9.17, 15) is 4.39 Å². The number of rotatable bonds is 8. The first-order valence-electron chi connectivity index (χ1n) is 11.1. The Hall–Kier alpha value is -2.60. The summed E-state index contributed by atoms with van der Waals surface area (Å²) in [6.45, 7) is 7.45. The second kappa shape index (κ2) is 10.1. The average molecular weight is 470 g/mol. The van der Waals surface area contributed by atoms with E-state index in [1.807, 2.05) is 69.3 Å². The number of hydrogen-bond acceptors (Lipinski definition) is 4. The van der Waals surface area contributed by atoms with E-state index < -0.39 is 5.60 Å². The molecule has 0 amide bonds. The molecule has 1 heterocycles. The Morgan fingerprint density at radius 2 is 1.79 bits per heavy atom. The third-order valence-corrected chi connectivity index (χ3v) is 5.94. The molecule has 3 aromatic rings. The highest BCUT2D eigenvalue weighted by molar-refractivity contribution is 6.30. The number of benzene rings is 3. The quantitative estimate of drug-likeness (QED) is 0.388. The van der Waals surface area contributed by atoms with E-state index in [0.29, 0.717) is 24.8 Å². The summed E-state index contributed by atoms with van der Waals surface area (Å²) < 4.78 is 32.4. The minimum Gasteiger partial charge on any atom is -0.485 e. The van der Waals surface area contributed by atoms with Gasteiger partial charge in [-0.1, -0.05) is 35.9 Å². The van der Waals surface area contributed by atoms with Gasteiger partial charge in [0.2, 0.25) is 0 Å². The molecule has 6 heteroatoms. The number of hydrogen-bond donors (Lipinski definition) is 1. The van der Waals surface area contributed by atoms with Crippen molar-refractivity contribution < 1.29 is 18.6 Å². The molecule has 1 N–H and O–H groups in total. The largest absolute Gasteiger partial charge is 0.485 e. The molecule has 33 heavy (non-hydrogen) atoms. The van der Waals surface area contributed by atoms with E-state index in [1.54, 1.807) is 6.07 Å². The second-order valence-corrected chi connectivity index (χ2v) is 9.12. The topological polar surface area (TPSA) is 39.7 Å². The van der Waals surface area contributed by atoms with Gasteiger partial charge in [0.1, 0.15) is 29.4 Å². The molecule has 3 aromatic carbocycles. The Morgan fingerprint density at radius 3 is 2.55 bits per heavy atom. The van der Waals surface area contributed by atoms with Crippen LogP contribution in [0.1, 0.15) is 43.6 Å². The second-order valence-electron chi connectivity index (χ2n) is 8.68. The van der Waals surface area contributed by atoms with Crippen molar-refractivity contribution in [2.45, 2.75) is 51.7 Å². The molecule has 0 aromatic heterocycles. The molecule has 0 bridgehead atoms. The van der Waals surface area contributed by atoms with E-state index in [-0.39, 0.29) is 18.0 Å². The molecule has 174 valence electrons. The van der Waals surface area contributed by atoms with Crippen LogP contribution in [0.5, 0.6) is 5.75 Å². The highest BCUT2D eigenvalue weighted by Crippen LogP contribution is 2.44. The maximum atomic E-state index is 13.5. The molecule has 0 radical (unpaired) electrons. The average Bonchev–Trinajstić information content (AvgIpc) is 2.77. The summed E-state index contributed by atoms with van der Waals surface area (Å²) in [6, 6.07) is 20.2. The van der Waals surface area contributed by atoms with Gasteiger partial charge in [0, 0.05) is 29.4 Å². The lowest BCUT2D eigenvalue weighted by molar-refractivity contribution is -0.165. The van der Waals surface area contributed by atoms with Crippen LogP contribution in [0.4, 0.5) is 10.1 Å². The Kier molecular flexibility index (Phi) is 7.23. The fourth-order valence-corrected chi connectivity index (χ4v) is 4.36. The van der Waals surface area contributed by atoms with Gasteiger partial charge in [-0.05, 0) is 74.4 Å². The van der Waals surface area contributed by atoms with Crippen LogP contribution in [0.15, 0.2) is 66.7 Å². The van der Waals surface area contributed by atoms with Gasteiger partial charge in [0.15, 0.2) is 0 Å². The number of anilines is 1. The summed E-state index contributed by atoms with van der Waals surface area (Å²) in [5.74, 6) is 0.531. The maximum Gasteiger partial charge on any atom is 0.132 e. The fourth-order valence-electron chi connectivity index (χ4n) is 4.15. The third-order valence-electron chi connectivity index (χ3n) is 5.70. The molecule has 0 aliphatic carbocycles. The van der Waals surface area contributed by atoms with E-state index in [4.69, 9.17) is 25.8 Å². The molecular weight excluding hydrogens is 441 g/mol.